The summed E-state index contributed by atoms with van der Waals surface area (Å²) in [6.07, 6.45) is 0.718. The van der Waals surface area contributed by atoms with E-state index in [0.717, 1.165) is 19.3 Å². The molecule has 0 N–H and O–H groups in total. The molecule has 0 radical (unpaired) electrons. The second-order valence-electron chi connectivity index (χ2n) is 7.93. The fourth-order valence-electron chi connectivity index (χ4n) is 3.79. The normalized spacial score (nSPS) is 15.8. The van der Waals surface area contributed by atoms with Gasteiger partial charge in [-0.15, -0.1) is 0 Å². The minimum atomic E-state index is -4.36. The number of carbonyl (C=O) groups excluding carboxylic acids is 2. The number of halogens is 1. The number of piperidine rings is 1. The number of benzene rings is 1. The van der Waals surface area contributed by atoms with Gasteiger partial charge in [0.15, 0.2) is 5.82 Å². The van der Waals surface area contributed by atoms with E-state index in [1.807, 2.05) is 0 Å². The Morgan fingerprint density at radius 3 is 2.64 bits per heavy atom. The van der Waals surface area contributed by atoms with E-state index in [-0.39, 0.29) is 13.0 Å². The fraction of sp³-hybridized carbons (Fsp3) is 0.429. The number of anilines is 1. The zero-order valence-electron chi connectivity index (χ0n) is 19.7. The molecule has 1 saturated heterocycles. The van der Waals surface area contributed by atoms with E-state index >= 15 is 0 Å². The predicted octanol–water partition coefficient (Wildman–Crippen LogP) is 0.103. The van der Waals surface area contributed by atoms with E-state index < -0.39 is 67.7 Å². The number of hydrogen-bond donors (Lipinski definition) is 0. The van der Waals surface area contributed by atoms with Crippen LogP contribution < -0.4 is 15.6 Å². The van der Waals surface area contributed by atoms with Crippen molar-refractivity contribution in [2.24, 2.45) is 13.0 Å². The van der Waals surface area contributed by atoms with Gasteiger partial charge in [0.1, 0.15) is 18.0 Å². The second-order valence-corrected chi connectivity index (χ2v) is 10.0. The first kappa shape index (κ1) is 26.5. The molecule has 1 fully saturated rings. The number of hydrogen-bond acceptors (Lipinski definition) is 9. The number of nitrogens with zero attached hydrogens (tertiary/aromatic N) is 6. The SMILES string of the molecule is CCS(=O)(=O)N(C(=O)C1CCCN(C(=O)OC)C1)c1cc(-n2ncc(=O)n(C)c2=O)c(F)cc1C#N. The molecule has 0 spiro atoms. The van der Waals surface area contributed by atoms with Gasteiger partial charge >= 0.3 is 11.8 Å². The van der Waals surface area contributed by atoms with Crippen LogP contribution in [0, 0.1) is 23.1 Å². The minimum Gasteiger partial charge on any atom is -0.453 e. The van der Waals surface area contributed by atoms with Crippen LogP contribution in [0.25, 0.3) is 5.69 Å². The van der Waals surface area contributed by atoms with E-state index in [9.17, 15) is 37.2 Å². The second kappa shape index (κ2) is 10.3. The van der Waals surface area contributed by atoms with Crippen LogP contribution in [-0.4, -0.2) is 65.6 Å². The Morgan fingerprint density at radius 2 is 2.03 bits per heavy atom. The third-order valence-electron chi connectivity index (χ3n) is 5.76. The van der Waals surface area contributed by atoms with Gasteiger partial charge in [-0.2, -0.15) is 15.0 Å². The van der Waals surface area contributed by atoms with Gasteiger partial charge in [-0.3, -0.25) is 14.2 Å². The van der Waals surface area contributed by atoms with Crippen molar-refractivity contribution in [3.05, 3.63) is 50.5 Å². The third-order valence-corrected chi connectivity index (χ3v) is 7.42. The van der Waals surface area contributed by atoms with Gasteiger partial charge in [0.05, 0.1) is 30.0 Å². The van der Waals surface area contributed by atoms with Crippen LogP contribution in [0.4, 0.5) is 14.9 Å². The topological polar surface area (TPSA) is 165 Å². The molecule has 13 nitrogen and oxygen atoms in total. The van der Waals surface area contributed by atoms with Gasteiger partial charge < -0.3 is 9.64 Å². The summed E-state index contributed by atoms with van der Waals surface area (Å²) in [5.74, 6) is -3.54. The van der Waals surface area contributed by atoms with Crippen molar-refractivity contribution in [1.82, 2.24) is 19.2 Å². The van der Waals surface area contributed by atoms with Crippen molar-refractivity contribution in [1.29, 1.82) is 5.26 Å². The average Bonchev–Trinajstić information content (AvgIpc) is 2.87. The van der Waals surface area contributed by atoms with E-state index in [1.54, 1.807) is 6.07 Å². The zero-order chi connectivity index (χ0) is 26.8. The molecular weight excluding hydrogens is 499 g/mol. The molecule has 2 amide bonds. The summed E-state index contributed by atoms with van der Waals surface area (Å²) >= 11 is 0. The lowest BCUT2D eigenvalue weighted by atomic mass is 9.97. The third kappa shape index (κ3) is 4.85. The fourth-order valence-corrected chi connectivity index (χ4v) is 4.92. The summed E-state index contributed by atoms with van der Waals surface area (Å²) in [5.41, 5.74) is -3.34. The van der Waals surface area contributed by atoms with Crippen molar-refractivity contribution in [2.75, 3.05) is 30.3 Å². The molecule has 1 unspecified atom stereocenters. The first-order valence-electron chi connectivity index (χ1n) is 10.8. The van der Waals surface area contributed by atoms with Crippen LogP contribution in [0.5, 0.6) is 0 Å². The maximum atomic E-state index is 14.9. The first-order chi connectivity index (χ1) is 17.0. The maximum Gasteiger partial charge on any atom is 0.409 e. The van der Waals surface area contributed by atoms with Gasteiger partial charge in [-0.05, 0) is 31.9 Å². The highest BCUT2D eigenvalue weighted by molar-refractivity contribution is 7.93. The van der Waals surface area contributed by atoms with Crippen LogP contribution in [0.2, 0.25) is 0 Å². The molecule has 2 aromatic rings. The zero-order valence-corrected chi connectivity index (χ0v) is 20.5. The number of methoxy groups -OCH3 is 1. The molecule has 2 heterocycles. The molecule has 1 aliphatic heterocycles. The number of rotatable bonds is 5. The van der Waals surface area contributed by atoms with Crippen LogP contribution in [-0.2, 0) is 26.6 Å². The lowest BCUT2D eigenvalue weighted by molar-refractivity contribution is -0.122. The summed E-state index contributed by atoms with van der Waals surface area (Å²) < 4.78 is 47.4. The Bertz CT molecular complexity index is 1480. The smallest absolute Gasteiger partial charge is 0.409 e. The molecular formula is C21H23FN6O7S. The highest BCUT2D eigenvalue weighted by Gasteiger charge is 2.38. The van der Waals surface area contributed by atoms with E-state index in [1.165, 1.54) is 18.9 Å². The number of amides is 2. The predicted molar refractivity (Wildman–Crippen MR) is 123 cm³/mol. The van der Waals surface area contributed by atoms with Crippen LogP contribution in [0.1, 0.15) is 25.3 Å². The quantitative estimate of drug-likeness (QED) is 0.530. The van der Waals surface area contributed by atoms with Gasteiger partial charge in [-0.1, -0.05) is 0 Å². The summed E-state index contributed by atoms with van der Waals surface area (Å²) in [6.45, 7) is 1.47. The molecule has 15 heteroatoms. The molecule has 1 aromatic heterocycles. The Labute approximate surface area is 205 Å². The maximum absolute atomic E-state index is 14.9. The number of ether oxygens (including phenoxy) is 1. The lowest BCUT2D eigenvalue weighted by Gasteiger charge is -2.34. The van der Waals surface area contributed by atoms with Gasteiger partial charge in [0.25, 0.3) is 5.56 Å². The van der Waals surface area contributed by atoms with Crippen LogP contribution >= 0.6 is 0 Å². The number of likely N-dealkylation sites (tertiary alicyclic amines) is 1. The molecule has 0 saturated carbocycles. The Morgan fingerprint density at radius 1 is 1.33 bits per heavy atom. The largest absolute Gasteiger partial charge is 0.453 e. The molecule has 36 heavy (non-hydrogen) atoms. The number of carbonyl (C=O) groups is 2. The molecule has 1 aliphatic rings. The highest BCUT2D eigenvalue weighted by Crippen LogP contribution is 2.31. The monoisotopic (exact) mass is 522 g/mol. The minimum absolute atomic E-state index is 0.126. The van der Waals surface area contributed by atoms with Gasteiger partial charge in [0.2, 0.25) is 15.9 Å². The first-order valence-corrected chi connectivity index (χ1v) is 12.4. The van der Waals surface area contributed by atoms with Crippen molar-refractivity contribution in [3.8, 4) is 11.8 Å². The molecule has 3 rings (SSSR count). The average molecular weight is 523 g/mol. The summed E-state index contributed by atoms with van der Waals surface area (Å²) in [5, 5.41) is 13.2. The van der Waals surface area contributed by atoms with Crippen LogP contribution in [0.15, 0.2) is 27.9 Å². The molecule has 192 valence electrons. The van der Waals surface area contributed by atoms with Crippen molar-refractivity contribution >= 4 is 27.7 Å². The highest BCUT2D eigenvalue weighted by atomic mass is 32.2. The Kier molecular flexibility index (Phi) is 7.58. The van der Waals surface area contributed by atoms with Gasteiger partial charge in [-0.25, -0.2) is 26.7 Å². The van der Waals surface area contributed by atoms with E-state index in [2.05, 4.69) is 5.10 Å². The Hall–Kier alpha value is -4.06. The molecule has 1 aromatic carbocycles. The molecule has 0 aliphatic carbocycles. The van der Waals surface area contributed by atoms with Crippen molar-refractivity contribution in [2.45, 2.75) is 19.8 Å². The number of nitriles is 1. The Balaban J connectivity index is 2.21. The van der Waals surface area contributed by atoms with Crippen molar-refractivity contribution < 1.29 is 27.1 Å². The van der Waals surface area contributed by atoms with Gasteiger partial charge in [0, 0.05) is 20.1 Å². The number of aromatic nitrogens is 3. The van der Waals surface area contributed by atoms with Crippen molar-refractivity contribution in [3.63, 3.8) is 0 Å². The van der Waals surface area contributed by atoms with Crippen LogP contribution in [0.3, 0.4) is 0 Å². The standard InChI is InChI=1S/C21H23FN6O7S/c1-4-36(33,34)28(19(30)13-6-5-7-26(12-13)21(32)35-3)16-9-17(15(22)8-14(16)10-23)27-20(31)25(2)18(29)11-24-27/h8-9,11,13H,4-7,12H2,1-3H3. The summed E-state index contributed by atoms with van der Waals surface area (Å²) in [4.78, 5) is 51.0. The number of sulfonamides is 1. The van der Waals surface area contributed by atoms with E-state index in [4.69, 9.17) is 4.74 Å². The lowest BCUT2D eigenvalue weighted by Crippen LogP contribution is -2.49. The summed E-state index contributed by atoms with van der Waals surface area (Å²) in [6, 6.07) is 3.20. The molecule has 1 atom stereocenters. The van der Waals surface area contributed by atoms with E-state index in [0.29, 0.717) is 32.6 Å². The molecule has 0 bridgehead atoms. The summed E-state index contributed by atoms with van der Waals surface area (Å²) in [7, 11) is -2.05.